The number of likely N-dealkylation sites (tertiary alicyclic amines) is 1. The van der Waals surface area contributed by atoms with Gasteiger partial charge in [0.1, 0.15) is 0 Å². The van der Waals surface area contributed by atoms with Crippen LogP contribution in [0.5, 0.6) is 0 Å². The molecule has 1 heterocycles. The molecule has 116 valence electrons. The molecule has 1 aromatic rings. The topological polar surface area (TPSA) is 20.3 Å². The highest BCUT2D eigenvalue weighted by molar-refractivity contribution is 9.10. The summed E-state index contributed by atoms with van der Waals surface area (Å²) in [5.74, 6) is -1.43. The fourth-order valence-corrected chi connectivity index (χ4v) is 2.94. The van der Waals surface area contributed by atoms with E-state index in [1.165, 1.54) is 4.90 Å². The van der Waals surface area contributed by atoms with E-state index in [9.17, 15) is 18.0 Å². The molecule has 0 unspecified atom stereocenters. The molecule has 1 aromatic carbocycles. The van der Waals surface area contributed by atoms with Crippen molar-refractivity contribution in [2.24, 2.45) is 5.92 Å². The maximum absolute atomic E-state index is 12.6. The van der Waals surface area contributed by atoms with Crippen molar-refractivity contribution in [1.29, 1.82) is 0 Å². The maximum atomic E-state index is 12.6. The normalized spacial score (nSPS) is 17.1. The highest BCUT2D eigenvalue weighted by Crippen LogP contribution is 2.34. The molecule has 0 spiro atoms. The summed E-state index contributed by atoms with van der Waals surface area (Å²) < 4.78 is 38.4. The number of rotatable bonds is 2. The fraction of sp³-hybridized carbons (Fsp3) is 0.500. The van der Waals surface area contributed by atoms with Gasteiger partial charge in [0.2, 0.25) is 5.91 Å². The molecule has 1 saturated heterocycles. The zero-order valence-electron chi connectivity index (χ0n) is 11.1. The van der Waals surface area contributed by atoms with Crippen LogP contribution < -0.4 is 0 Å². The van der Waals surface area contributed by atoms with Gasteiger partial charge in [-0.2, -0.15) is 13.2 Å². The smallest absolute Gasteiger partial charge is 0.342 e. The molecule has 7 heteroatoms. The van der Waals surface area contributed by atoms with Crippen molar-refractivity contribution in [3.05, 3.63) is 33.3 Å². The number of benzene rings is 1. The Balaban J connectivity index is 1.92. The standard InChI is InChI=1S/C14H14BrClF3NO/c15-11-7-9(1-2-12(11)16)8-13(21)20-5-3-10(4-6-20)14(17,18)19/h1-2,7,10H,3-6,8H2. The predicted molar refractivity (Wildman–Crippen MR) is 78.2 cm³/mol. The van der Waals surface area contributed by atoms with E-state index in [0.717, 1.165) is 5.56 Å². The molecular weight excluding hydrogens is 371 g/mol. The van der Waals surface area contributed by atoms with Gasteiger partial charge in [-0.05, 0) is 46.5 Å². The van der Waals surface area contributed by atoms with E-state index in [4.69, 9.17) is 11.6 Å². The first-order chi connectivity index (χ1) is 9.77. The zero-order chi connectivity index (χ0) is 15.6. The minimum atomic E-state index is -4.16. The van der Waals surface area contributed by atoms with Crippen LogP contribution in [-0.4, -0.2) is 30.1 Å². The predicted octanol–water partition coefficient (Wildman–Crippen LogP) is 4.45. The lowest BCUT2D eigenvalue weighted by atomic mass is 9.96. The van der Waals surface area contributed by atoms with Crippen molar-refractivity contribution in [3.8, 4) is 0 Å². The van der Waals surface area contributed by atoms with Crippen molar-refractivity contribution < 1.29 is 18.0 Å². The van der Waals surface area contributed by atoms with E-state index in [2.05, 4.69) is 15.9 Å². The van der Waals surface area contributed by atoms with E-state index < -0.39 is 12.1 Å². The number of alkyl halides is 3. The first-order valence-corrected chi connectivity index (χ1v) is 7.73. The van der Waals surface area contributed by atoms with Gasteiger partial charge in [0.15, 0.2) is 0 Å². The van der Waals surface area contributed by atoms with Crippen LogP contribution in [0, 0.1) is 5.92 Å². The average Bonchev–Trinajstić information content (AvgIpc) is 2.42. The van der Waals surface area contributed by atoms with E-state index in [-0.39, 0.29) is 38.3 Å². The SMILES string of the molecule is O=C(Cc1ccc(Cl)c(Br)c1)N1CCC(C(F)(F)F)CC1. The molecule has 2 nitrogen and oxygen atoms in total. The lowest BCUT2D eigenvalue weighted by Gasteiger charge is -2.33. The summed E-state index contributed by atoms with van der Waals surface area (Å²) >= 11 is 9.16. The Hall–Kier alpha value is -0.750. The Kier molecular flexibility index (Phi) is 5.20. The fourth-order valence-electron chi connectivity index (χ4n) is 2.39. The summed E-state index contributed by atoms with van der Waals surface area (Å²) in [4.78, 5) is 13.6. The number of carbonyl (C=O) groups excluding carboxylic acids is 1. The van der Waals surface area contributed by atoms with Crippen molar-refractivity contribution >= 4 is 33.4 Å². The first-order valence-electron chi connectivity index (χ1n) is 6.56. The van der Waals surface area contributed by atoms with Crippen LogP contribution in [0.1, 0.15) is 18.4 Å². The zero-order valence-corrected chi connectivity index (χ0v) is 13.4. The molecule has 2 rings (SSSR count). The molecule has 0 atom stereocenters. The molecule has 1 aliphatic heterocycles. The second-order valence-electron chi connectivity index (χ2n) is 5.12. The third-order valence-corrected chi connectivity index (χ3v) is 4.86. The molecule has 0 aliphatic carbocycles. The van der Waals surface area contributed by atoms with Crippen molar-refractivity contribution in [2.45, 2.75) is 25.4 Å². The highest BCUT2D eigenvalue weighted by Gasteiger charge is 2.41. The average molecular weight is 385 g/mol. The van der Waals surface area contributed by atoms with Gasteiger partial charge in [-0.25, -0.2) is 0 Å². The highest BCUT2D eigenvalue weighted by atomic mass is 79.9. The van der Waals surface area contributed by atoms with Gasteiger partial charge in [0.05, 0.1) is 17.4 Å². The molecule has 1 aliphatic rings. The molecule has 1 fully saturated rings. The van der Waals surface area contributed by atoms with Gasteiger partial charge in [-0.3, -0.25) is 4.79 Å². The van der Waals surface area contributed by atoms with Gasteiger partial charge in [0.25, 0.3) is 0 Å². The second-order valence-corrected chi connectivity index (χ2v) is 6.38. The number of carbonyl (C=O) groups is 1. The van der Waals surface area contributed by atoms with Crippen LogP contribution in [0.25, 0.3) is 0 Å². The third-order valence-electron chi connectivity index (χ3n) is 3.65. The van der Waals surface area contributed by atoms with Crippen LogP contribution in [0.3, 0.4) is 0 Å². The molecule has 21 heavy (non-hydrogen) atoms. The van der Waals surface area contributed by atoms with Crippen LogP contribution >= 0.6 is 27.5 Å². The molecule has 1 amide bonds. The lowest BCUT2D eigenvalue weighted by Crippen LogP contribution is -2.42. The maximum Gasteiger partial charge on any atom is 0.391 e. The van der Waals surface area contributed by atoms with Crippen molar-refractivity contribution in [1.82, 2.24) is 4.90 Å². The number of amides is 1. The van der Waals surface area contributed by atoms with Gasteiger partial charge in [-0.15, -0.1) is 0 Å². The Morgan fingerprint density at radius 3 is 2.48 bits per heavy atom. The summed E-state index contributed by atoms with van der Waals surface area (Å²) in [6.07, 6.45) is -4.01. The third kappa shape index (κ3) is 4.36. The lowest BCUT2D eigenvalue weighted by molar-refractivity contribution is -0.186. The number of nitrogens with zero attached hydrogens (tertiary/aromatic N) is 1. The van der Waals surface area contributed by atoms with Crippen LogP contribution in [-0.2, 0) is 11.2 Å². The molecule has 0 bridgehead atoms. The van der Waals surface area contributed by atoms with Crippen LogP contribution in [0.4, 0.5) is 13.2 Å². The molecule has 0 saturated carbocycles. The molecule has 0 radical (unpaired) electrons. The number of hydrogen-bond donors (Lipinski definition) is 0. The van der Waals surface area contributed by atoms with Gasteiger partial charge in [-0.1, -0.05) is 17.7 Å². The van der Waals surface area contributed by atoms with Crippen molar-refractivity contribution in [2.75, 3.05) is 13.1 Å². The Bertz CT molecular complexity index is 527. The van der Waals surface area contributed by atoms with E-state index >= 15 is 0 Å². The van der Waals surface area contributed by atoms with E-state index in [0.29, 0.717) is 9.50 Å². The summed E-state index contributed by atoms with van der Waals surface area (Å²) in [5, 5.41) is 0.553. The Morgan fingerprint density at radius 1 is 1.33 bits per heavy atom. The summed E-state index contributed by atoms with van der Waals surface area (Å²) in [7, 11) is 0. The largest absolute Gasteiger partial charge is 0.391 e. The van der Waals surface area contributed by atoms with E-state index in [1.807, 2.05) is 0 Å². The Morgan fingerprint density at radius 2 is 1.95 bits per heavy atom. The monoisotopic (exact) mass is 383 g/mol. The van der Waals surface area contributed by atoms with Gasteiger partial charge < -0.3 is 4.90 Å². The van der Waals surface area contributed by atoms with Crippen LogP contribution in [0.15, 0.2) is 22.7 Å². The quantitative estimate of drug-likeness (QED) is 0.738. The number of piperidine rings is 1. The Labute approximate surface area is 134 Å². The minimum absolute atomic E-state index is 0.0143. The number of halogens is 5. The molecule has 0 N–H and O–H groups in total. The summed E-state index contributed by atoms with van der Waals surface area (Å²) in [6.45, 7) is 0.329. The van der Waals surface area contributed by atoms with Crippen molar-refractivity contribution in [3.63, 3.8) is 0 Å². The van der Waals surface area contributed by atoms with Gasteiger partial charge >= 0.3 is 6.18 Å². The first kappa shape index (κ1) is 16.6. The minimum Gasteiger partial charge on any atom is -0.342 e. The summed E-state index contributed by atoms with van der Waals surface area (Å²) in [6, 6.07) is 5.18. The molecular formula is C14H14BrClF3NO. The molecule has 0 aromatic heterocycles. The van der Waals surface area contributed by atoms with Crippen LogP contribution in [0.2, 0.25) is 5.02 Å². The number of hydrogen-bond acceptors (Lipinski definition) is 1. The van der Waals surface area contributed by atoms with Gasteiger partial charge in [0, 0.05) is 17.6 Å². The summed E-state index contributed by atoms with van der Waals surface area (Å²) in [5.41, 5.74) is 0.786. The van der Waals surface area contributed by atoms with E-state index in [1.54, 1.807) is 18.2 Å². The second kappa shape index (κ2) is 6.57.